The molecule has 5 rings (SSSR count). The smallest absolute Gasteiger partial charge is 0.349 e. The Bertz CT molecular complexity index is 1360. The molecule has 6 heteroatoms. The van der Waals surface area contributed by atoms with Crippen molar-refractivity contribution >= 4 is 34.1 Å². The molecule has 1 aliphatic rings. The molecule has 0 fully saturated rings. The highest BCUT2D eigenvalue weighted by Gasteiger charge is 2.24. The number of aromatic hydroxyl groups is 2. The van der Waals surface area contributed by atoms with Crippen molar-refractivity contribution in [1.82, 2.24) is 0 Å². The Morgan fingerprint density at radius 3 is 2.60 bits per heavy atom. The maximum absolute atomic E-state index is 12.8. The van der Waals surface area contributed by atoms with Gasteiger partial charge in [-0.1, -0.05) is 36.4 Å². The summed E-state index contributed by atoms with van der Waals surface area (Å²) in [7, 11) is 0. The van der Waals surface area contributed by atoms with E-state index in [9.17, 15) is 15.0 Å². The number of phenolic OH excluding ortho intramolecular Hbond substituents is 1. The van der Waals surface area contributed by atoms with Crippen molar-refractivity contribution in [2.45, 2.75) is 10.1 Å². The Hall–Kier alpha value is -3.64. The largest absolute Gasteiger partial charge is 0.508 e. The maximum Gasteiger partial charge on any atom is 0.349 e. The number of rotatable bonds is 2. The van der Waals surface area contributed by atoms with Crippen LogP contribution in [0.4, 0.5) is 5.69 Å². The van der Waals surface area contributed by atoms with Crippen molar-refractivity contribution in [1.29, 1.82) is 0 Å². The Morgan fingerprint density at radius 1 is 0.933 bits per heavy atom. The van der Waals surface area contributed by atoms with E-state index in [0.29, 0.717) is 16.7 Å². The first-order chi connectivity index (χ1) is 14.6. The van der Waals surface area contributed by atoms with Gasteiger partial charge in [-0.25, -0.2) is 4.79 Å². The number of hydrogen-bond acceptors (Lipinski definition) is 6. The molecule has 0 radical (unpaired) electrons. The highest BCUT2D eigenvalue weighted by molar-refractivity contribution is 7.99. The van der Waals surface area contributed by atoms with Crippen LogP contribution < -0.4 is 10.9 Å². The van der Waals surface area contributed by atoms with Crippen molar-refractivity contribution in [3.05, 3.63) is 100 Å². The van der Waals surface area contributed by atoms with Crippen molar-refractivity contribution in [2.24, 2.45) is 0 Å². The van der Waals surface area contributed by atoms with Crippen molar-refractivity contribution in [2.75, 3.05) is 5.32 Å². The number of nitrogens with one attached hydrogen (secondary N) is 1. The third-order valence-corrected chi connectivity index (χ3v) is 6.25. The van der Waals surface area contributed by atoms with Gasteiger partial charge < -0.3 is 19.9 Å². The zero-order valence-corrected chi connectivity index (χ0v) is 16.5. The van der Waals surface area contributed by atoms with Crippen LogP contribution >= 0.6 is 11.8 Å². The molecule has 2 heterocycles. The van der Waals surface area contributed by atoms with Gasteiger partial charge in [0.05, 0.1) is 22.0 Å². The molecule has 0 spiro atoms. The molecule has 1 aliphatic heterocycles. The summed E-state index contributed by atoms with van der Waals surface area (Å²) in [5.74, 6) is 0.0428. The second-order valence-electron chi connectivity index (χ2n) is 6.94. The molecule has 1 atom stereocenters. The lowest BCUT2D eigenvalue weighted by atomic mass is 10.1. The first kappa shape index (κ1) is 18.4. The average molecular weight is 415 g/mol. The first-order valence-electron chi connectivity index (χ1n) is 9.39. The molecule has 4 aromatic rings. The Morgan fingerprint density at radius 2 is 1.73 bits per heavy atom. The van der Waals surface area contributed by atoms with Gasteiger partial charge in [0.1, 0.15) is 22.6 Å². The maximum atomic E-state index is 12.8. The number of fused-ring (bicyclic) bond motifs is 2. The van der Waals surface area contributed by atoms with Gasteiger partial charge in [-0.05, 0) is 48.0 Å². The van der Waals surface area contributed by atoms with Gasteiger partial charge in [0.25, 0.3) is 0 Å². The van der Waals surface area contributed by atoms with E-state index >= 15 is 0 Å². The van der Waals surface area contributed by atoms with Gasteiger partial charge in [-0.15, -0.1) is 11.8 Å². The van der Waals surface area contributed by atoms with Gasteiger partial charge in [0, 0.05) is 4.90 Å². The fourth-order valence-corrected chi connectivity index (χ4v) is 4.73. The fourth-order valence-electron chi connectivity index (χ4n) is 3.56. The predicted molar refractivity (Wildman–Crippen MR) is 119 cm³/mol. The third-order valence-electron chi connectivity index (χ3n) is 4.98. The van der Waals surface area contributed by atoms with Crippen molar-refractivity contribution in [3.63, 3.8) is 0 Å². The van der Waals surface area contributed by atoms with Gasteiger partial charge in [-0.2, -0.15) is 0 Å². The molecule has 1 aromatic heterocycles. The van der Waals surface area contributed by atoms with E-state index in [1.165, 1.54) is 0 Å². The fraction of sp³-hybridized carbons (Fsp3) is 0.0417. The summed E-state index contributed by atoms with van der Waals surface area (Å²) < 4.78 is 5.47. The predicted octanol–water partition coefficient (Wildman–Crippen LogP) is 5.50. The highest BCUT2D eigenvalue weighted by Crippen LogP contribution is 2.46. The van der Waals surface area contributed by atoms with E-state index in [4.69, 9.17) is 4.42 Å². The number of phenols is 1. The topological polar surface area (TPSA) is 82.7 Å². The molecule has 0 saturated heterocycles. The van der Waals surface area contributed by atoms with E-state index in [0.717, 1.165) is 16.1 Å². The molecule has 3 N–H and O–H groups in total. The van der Waals surface area contributed by atoms with E-state index < -0.39 is 5.63 Å². The van der Waals surface area contributed by atoms with Crippen LogP contribution in [-0.2, 0) is 0 Å². The summed E-state index contributed by atoms with van der Waals surface area (Å²) in [6.45, 7) is 0. The van der Waals surface area contributed by atoms with Crippen LogP contribution in [0, 0.1) is 0 Å². The molecule has 148 valence electrons. The van der Waals surface area contributed by atoms with Gasteiger partial charge in [-0.3, -0.25) is 0 Å². The molecule has 3 aromatic carbocycles. The zero-order valence-electron chi connectivity index (χ0n) is 15.7. The second-order valence-corrected chi connectivity index (χ2v) is 8.13. The van der Waals surface area contributed by atoms with Crippen LogP contribution in [0.3, 0.4) is 0 Å². The molecule has 0 saturated carbocycles. The summed E-state index contributed by atoms with van der Waals surface area (Å²) in [4.78, 5) is 13.8. The lowest BCUT2D eigenvalue weighted by Gasteiger charge is -2.13. The lowest BCUT2D eigenvalue weighted by molar-refractivity contribution is 0.465. The Kier molecular flexibility index (Phi) is 4.48. The monoisotopic (exact) mass is 415 g/mol. The highest BCUT2D eigenvalue weighted by atomic mass is 32.2. The van der Waals surface area contributed by atoms with Crippen LogP contribution in [0.1, 0.15) is 16.4 Å². The molecule has 0 aliphatic carbocycles. The lowest BCUT2D eigenvalue weighted by Crippen LogP contribution is -2.12. The van der Waals surface area contributed by atoms with Crippen molar-refractivity contribution < 1.29 is 14.6 Å². The molecule has 30 heavy (non-hydrogen) atoms. The molecule has 5 nitrogen and oxygen atoms in total. The van der Waals surface area contributed by atoms with E-state index in [1.54, 1.807) is 54.2 Å². The summed E-state index contributed by atoms with van der Waals surface area (Å²) in [6, 6.07) is 21.7. The van der Waals surface area contributed by atoms with Gasteiger partial charge in [0.15, 0.2) is 0 Å². The number of benzene rings is 3. The van der Waals surface area contributed by atoms with Crippen molar-refractivity contribution in [3.8, 4) is 11.5 Å². The number of anilines is 1. The summed E-state index contributed by atoms with van der Waals surface area (Å²) >= 11 is 1.59. The zero-order chi connectivity index (χ0) is 20.7. The molecule has 0 bridgehead atoms. The van der Waals surface area contributed by atoms with Crippen LogP contribution in [-0.4, -0.2) is 10.2 Å². The van der Waals surface area contributed by atoms with Crippen LogP contribution in [0.2, 0.25) is 0 Å². The second kappa shape index (κ2) is 7.31. The minimum atomic E-state index is -0.621. The number of thioether (sulfide) groups is 1. The minimum Gasteiger partial charge on any atom is -0.508 e. The Balaban J connectivity index is 1.73. The molecule has 1 unspecified atom stereocenters. The minimum absolute atomic E-state index is 0.0798. The molecular formula is C24H17NO4S. The summed E-state index contributed by atoms with van der Waals surface area (Å²) in [5.41, 5.74) is 1.94. The third kappa shape index (κ3) is 3.21. The first-order valence-corrected chi connectivity index (χ1v) is 10.3. The van der Waals surface area contributed by atoms with Gasteiger partial charge in [0.2, 0.25) is 0 Å². The van der Waals surface area contributed by atoms with Gasteiger partial charge >= 0.3 is 5.63 Å². The SMILES string of the molecule is O=c1oc2ccccc2c(O)c1C1=CC(c2cccc(O)c2)Sc2ccccc2N1. The quantitative estimate of drug-likeness (QED) is 0.375. The normalized spacial score (nSPS) is 15.7. The van der Waals surface area contributed by atoms with E-state index in [1.807, 2.05) is 36.4 Å². The molecular weight excluding hydrogens is 398 g/mol. The van der Waals surface area contributed by atoms with Crippen LogP contribution in [0.5, 0.6) is 11.5 Å². The summed E-state index contributed by atoms with van der Waals surface area (Å²) in [5, 5.41) is 24.4. The van der Waals surface area contributed by atoms with Crippen LogP contribution in [0.15, 0.2) is 93.0 Å². The Labute approximate surface area is 176 Å². The van der Waals surface area contributed by atoms with E-state index in [2.05, 4.69) is 5.32 Å². The summed E-state index contributed by atoms with van der Waals surface area (Å²) in [6.07, 6.45) is 1.88. The number of para-hydroxylation sites is 2. The average Bonchev–Trinajstić information content (AvgIpc) is 2.93. The van der Waals surface area contributed by atoms with E-state index in [-0.39, 0.29) is 22.3 Å². The molecule has 0 amide bonds. The standard InChI is InChI=1S/C24H17NO4S/c26-15-7-5-6-14(12-15)21-13-18(25-17-9-2-4-11-20(17)30-21)22-23(27)16-8-1-3-10-19(16)29-24(22)28/h1-13,21,25-27H. The van der Waals surface area contributed by atoms with Crippen LogP contribution in [0.25, 0.3) is 16.7 Å². The number of hydrogen-bond donors (Lipinski definition) is 3.